The van der Waals surface area contributed by atoms with Gasteiger partial charge in [0.2, 0.25) is 5.91 Å². The minimum absolute atomic E-state index is 0.317. The first kappa shape index (κ1) is 18.4. The molecule has 0 aliphatic carbocycles. The number of hydrogen-bond donors (Lipinski definition) is 0. The van der Waals surface area contributed by atoms with E-state index in [4.69, 9.17) is 0 Å². The molecule has 2 heterocycles. The molecule has 1 amide bonds. The number of piperidine rings is 1. The van der Waals surface area contributed by atoms with Crippen molar-refractivity contribution in [1.29, 1.82) is 0 Å². The summed E-state index contributed by atoms with van der Waals surface area (Å²) < 4.78 is 0. The second-order valence-electron chi connectivity index (χ2n) is 5.84. The Balaban J connectivity index is 0.00000106. The summed E-state index contributed by atoms with van der Waals surface area (Å²) in [5.41, 5.74) is 0. The quantitative estimate of drug-likeness (QED) is 0.797. The molecule has 2 saturated heterocycles. The number of carbonyl (C=O) groups is 1. The van der Waals surface area contributed by atoms with Crippen LogP contribution in [0.1, 0.15) is 53.4 Å². The minimum atomic E-state index is 0.317. The lowest BCUT2D eigenvalue weighted by atomic mass is 10.0. The van der Waals surface area contributed by atoms with Crippen LogP contribution in [-0.2, 0) is 4.79 Å². The van der Waals surface area contributed by atoms with Crippen molar-refractivity contribution in [3.05, 3.63) is 0 Å². The van der Waals surface area contributed by atoms with Crippen LogP contribution in [0.2, 0.25) is 0 Å². The van der Waals surface area contributed by atoms with E-state index in [0.29, 0.717) is 12.3 Å². The molecule has 4 nitrogen and oxygen atoms in total. The van der Waals surface area contributed by atoms with Crippen molar-refractivity contribution < 1.29 is 4.79 Å². The molecule has 0 atom stereocenters. The van der Waals surface area contributed by atoms with Crippen LogP contribution in [0.25, 0.3) is 0 Å². The van der Waals surface area contributed by atoms with Crippen LogP contribution >= 0.6 is 0 Å². The van der Waals surface area contributed by atoms with Crippen molar-refractivity contribution in [3.8, 4) is 0 Å². The first-order valence-corrected chi connectivity index (χ1v) is 8.98. The number of piperazine rings is 1. The van der Waals surface area contributed by atoms with E-state index in [0.717, 1.165) is 32.2 Å². The van der Waals surface area contributed by atoms with Crippen LogP contribution in [0.4, 0.5) is 0 Å². The van der Waals surface area contributed by atoms with Gasteiger partial charge in [0.15, 0.2) is 0 Å². The van der Waals surface area contributed by atoms with Crippen LogP contribution in [0, 0.1) is 0 Å². The van der Waals surface area contributed by atoms with Gasteiger partial charge in [-0.25, -0.2) is 0 Å². The first-order chi connectivity index (χ1) is 10.2. The summed E-state index contributed by atoms with van der Waals surface area (Å²) in [6.45, 7) is 16.0. The number of amides is 1. The van der Waals surface area contributed by atoms with Crippen LogP contribution in [-0.4, -0.2) is 72.5 Å². The maximum absolute atomic E-state index is 11.7. The summed E-state index contributed by atoms with van der Waals surface area (Å²) in [6.07, 6.45) is 4.53. The van der Waals surface area contributed by atoms with Gasteiger partial charge in [0.1, 0.15) is 0 Å². The molecular formula is C17H35N3O. The summed E-state index contributed by atoms with van der Waals surface area (Å²) >= 11 is 0. The van der Waals surface area contributed by atoms with E-state index in [1.807, 2.05) is 25.7 Å². The van der Waals surface area contributed by atoms with Gasteiger partial charge >= 0.3 is 0 Å². The molecule has 0 spiro atoms. The van der Waals surface area contributed by atoms with Crippen LogP contribution in [0.3, 0.4) is 0 Å². The number of rotatable bonds is 4. The third-order valence-corrected chi connectivity index (χ3v) is 4.58. The molecule has 2 rings (SSSR count). The maximum atomic E-state index is 11.7. The Labute approximate surface area is 131 Å². The zero-order valence-corrected chi connectivity index (χ0v) is 14.6. The van der Waals surface area contributed by atoms with E-state index >= 15 is 0 Å². The average molecular weight is 297 g/mol. The molecule has 4 heteroatoms. The average Bonchev–Trinajstić information content (AvgIpc) is 2.57. The van der Waals surface area contributed by atoms with Crippen molar-refractivity contribution in [1.82, 2.24) is 14.7 Å². The van der Waals surface area contributed by atoms with Crippen molar-refractivity contribution in [2.45, 2.75) is 59.4 Å². The van der Waals surface area contributed by atoms with E-state index in [9.17, 15) is 4.79 Å². The van der Waals surface area contributed by atoms with E-state index in [1.54, 1.807) is 0 Å². The van der Waals surface area contributed by atoms with Gasteiger partial charge in [0.05, 0.1) is 0 Å². The number of likely N-dealkylation sites (tertiary alicyclic amines) is 1. The molecule has 2 aliphatic heterocycles. The number of nitrogens with zero attached hydrogens (tertiary/aromatic N) is 3. The van der Waals surface area contributed by atoms with E-state index in [1.165, 1.54) is 38.9 Å². The third-order valence-electron chi connectivity index (χ3n) is 4.58. The van der Waals surface area contributed by atoms with E-state index in [-0.39, 0.29) is 0 Å². The maximum Gasteiger partial charge on any atom is 0.222 e. The smallest absolute Gasteiger partial charge is 0.222 e. The molecule has 0 aromatic carbocycles. The highest BCUT2D eigenvalue weighted by atomic mass is 16.2. The van der Waals surface area contributed by atoms with Gasteiger partial charge in [0, 0.05) is 38.6 Å². The van der Waals surface area contributed by atoms with Gasteiger partial charge in [-0.15, -0.1) is 0 Å². The van der Waals surface area contributed by atoms with Gasteiger partial charge in [-0.2, -0.15) is 0 Å². The molecule has 0 aromatic heterocycles. The molecule has 124 valence electrons. The molecule has 0 saturated carbocycles. The molecule has 21 heavy (non-hydrogen) atoms. The summed E-state index contributed by atoms with van der Waals surface area (Å²) in [4.78, 5) is 18.9. The molecule has 0 aromatic rings. The number of hydrogen-bond acceptors (Lipinski definition) is 3. The largest absolute Gasteiger partial charge is 0.340 e. The molecule has 0 unspecified atom stereocenters. The highest BCUT2D eigenvalue weighted by molar-refractivity contribution is 5.75. The van der Waals surface area contributed by atoms with Crippen molar-refractivity contribution >= 4 is 5.91 Å². The predicted molar refractivity (Wildman–Crippen MR) is 89.5 cm³/mol. The Hall–Kier alpha value is -0.610. The molecule has 0 bridgehead atoms. The van der Waals surface area contributed by atoms with Gasteiger partial charge in [-0.3, -0.25) is 9.69 Å². The predicted octanol–water partition coefficient (Wildman–Crippen LogP) is 2.44. The monoisotopic (exact) mass is 297 g/mol. The third kappa shape index (κ3) is 5.59. The molecule has 0 radical (unpaired) electrons. The standard InChI is InChI=1S/C15H29N3O.C2H6/c1-3-7-16-8-5-14(6-9-16)17-10-12-18(13-11-17)15(19)4-2;1-2/h14H,3-13H2,1-2H3;1-2H3. The molecule has 0 N–H and O–H groups in total. The van der Waals surface area contributed by atoms with Crippen molar-refractivity contribution in [2.75, 3.05) is 45.8 Å². The van der Waals surface area contributed by atoms with E-state index < -0.39 is 0 Å². The van der Waals surface area contributed by atoms with Gasteiger partial charge in [-0.1, -0.05) is 27.7 Å². The Kier molecular flexibility index (Phi) is 8.93. The summed E-state index contributed by atoms with van der Waals surface area (Å²) in [7, 11) is 0. The van der Waals surface area contributed by atoms with Gasteiger partial charge in [0.25, 0.3) is 0 Å². The Morgan fingerprint density at radius 3 is 2.00 bits per heavy atom. The fourth-order valence-electron chi connectivity index (χ4n) is 3.38. The second-order valence-corrected chi connectivity index (χ2v) is 5.84. The molecular weight excluding hydrogens is 262 g/mol. The zero-order chi connectivity index (χ0) is 15.7. The van der Waals surface area contributed by atoms with Gasteiger partial charge < -0.3 is 9.80 Å². The second kappa shape index (κ2) is 10.2. The summed E-state index contributed by atoms with van der Waals surface area (Å²) in [6, 6.07) is 0.756. The molecule has 2 aliphatic rings. The highest BCUT2D eigenvalue weighted by Crippen LogP contribution is 2.18. The lowest BCUT2D eigenvalue weighted by Crippen LogP contribution is -2.54. The Morgan fingerprint density at radius 1 is 0.952 bits per heavy atom. The fraction of sp³-hybridized carbons (Fsp3) is 0.941. The Bertz CT molecular complexity index is 280. The number of carbonyl (C=O) groups excluding carboxylic acids is 1. The fourth-order valence-corrected chi connectivity index (χ4v) is 3.38. The zero-order valence-electron chi connectivity index (χ0n) is 14.6. The topological polar surface area (TPSA) is 26.8 Å². The lowest BCUT2D eigenvalue weighted by Gasteiger charge is -2.42. The normalized spacial score (nSPS) is 21.8. The SMILES string of the molecule is CC.CCCN1CCC(N2CCN(C(=O)CC)CC2)CC1. The van der Waals surface area contributed by atoms with Crippen LogP contribution in [0.15, 0.2) is 0 Å². The minimum Gasteiger partial charge on any atom is -0.340 e. The van der Waals surface area contributed by atoms with Gasteiger partial charge in [-0.05, 0) is 38.9 Å². The van der Waals surface area contributed by atoms with Crippen molar-refractivity contribution in [3.63, 3.8) is 0 Å². The molecule has 2 fully saturated rings. The van der Waals surface area contributed by atoms with Crippen LogP contribution < -0.4 is 0 Å². The first-order valence-electron chi connectivity index (χ1n) is 8.98. The summed E-state index contributed by atoms with van der Waals surface area (Å²) in [5, 5.41) is 0. The van der Waals surface area contributed by atoms with E-state index in [2.05, 4.69) is 16.7 Å². The highest BCUT2D eigenvalue weighted by Gasteiger charge is 2.28. The van der Waals surface area contributed by atoms with Crippen LogP contribution in [0.5, 0.6) is 0 Å². The lowest BCUT2D eigenvalue weighted by molar-refractivity contribution is -0.133. The van der Waals surface area contributed by atoms with Crippen molar-refractivity contribution in [2.24, 2.45) is 0 Å². The Morgan fingerprint density at radius 2 is 1.52 bits per heavy atom. The summed E-state index contributed by atoms with van der Waals surface area (Å²) in [5.74, 6) is 0.317.